The molecule has 5 heteroatoms. The van der Waals surface area contributed by atoms with Gasteiger partial charge in [-0.3, -0.25) is 4.68 Å². The molecule has 13 heavy (non-hydrogen) atoms. The van der Waals surface area contributed by atoms with Gasteiger partial charge >= 0.3 is 0 Å². The van der Waals surface area contributed by atoms with Crippen LogP contribution < -0.4 is 5.32 Å². The number of rotatable bonds is 3. The molecule has 0 unspecified atom stereocenters. The zero-order valence-electron chi connectivity index (χ0n) is 6.96. The lowest BCUT2D eigenvalue weighted by atomic mass is 10.3. The zero-order chi connectivity index (χ0) is 9.10. The average Bonchev–Trinajstić information content (AvgIpc) is 2.70. The maximum atomic E-state index is 8.67. The van der Waals surface area contributed by atoms with Crippen molar-refractivity contribution in [3.63, 3.8) is 0 Å². The van der Waals surface area contributed by atoms with Gasteiger partial charge < -0.3 is 5.11 Å². The van der Waals surface area contributed by atoms with Gasteiger partial charge in [-0.25, -0.2) is 10.3 Å². The first-order valence-corrected chi connectivity index (χ1v) is 3.96. The number of aromatic nitrogens is 2. The molecule has 0 aliphatic carbocycles. The van der Waals surface area contributed by atoms with Gasteiger partial charge in [0.1, 0.15) is 6.34 Å². The molecule has 67 valence electrons. The summed E-state index contributed by atoms with van der Waals surface area (Å²) in [5, 5.41) is 16.6. The third kappa shape index (κ3) is 1.59. The highest BCUT2D eigenvalue weighted by Crippen LogP contribution is 2.15. The van der Waals surface area contributed by atoms with Gasteiger partial charge in [-0.2, -0.15) is 5.10 Å². The predicted molar refractivity (Wildman–Crippen MR) is 47.9 cm³/mol. The first kappa shape index (κ1) is 8.00. The molecule has 1 aromatic rings. The summed E-state index contributed by atoms with van der Waals surface area (Å²) in [7, 11) is 0. The molecule has 0 amide bonds. The molecule has 1 aromatic heterocycles. The second-order valence-electron chi connectivity index (χ2n) is 2.62. The molecular formula is C8H9N4O. The van der Waals surface area contributed by atoms with Crippen molar-refractivity contribution in [1.29, 1.82) is 0 Å². The van der Waals surface area contributed by atoms with Crippen LogP contribution in [0.1, 0.15) is 5.56 Å². The SMILES string of the molecule is OCCn1cc(C2=C[N]C=N2)cn1. The van der Waals surface area contributed by atoms with E-state index in [1.807, 2.05) is 6.20 Å². The van der Waals surface area contributed by atoms with E-state index < -0.39 is 0 Å². The van der Waals surface area contributed by atoms with E-state index in [0.717, 1.165) is 11.3 Å². The predicted octanol–water partition coefficient (Wildman–Crippen LogP) is -0.180. The standard InChI is InChI=1S/C8H9N4O/c13-2-1-12-5-7(3-11-12)8-4-9-6-10-8/h3-6,13H,1-2H2. The minimum atomic E-state index is 0.0911. The summed E-state index contributed by atoms with van der Waals surface area (Å²) >= 11 is 0. The molecular weight excluding hydrogens is 168 g/mol. The maximum absolute atomic E-state index is 8.67. The number of aliphatic hydroxyl groups excluding tert-OH is 1. The molecule has 2 rings (SSSR count). The molecule has 0 atom stereocenters. The Morgan fingerprint density at radius 1 is 1.46 bits per heavy atom. The van der Waals surface area contributed by atoms with E-state index in [9.17, 15) is 0 Å². The van der Waals surface area contributed by atoms with Crippen LogP contribution in [0.2, 0.25) is 0 Å². The van der Waals surface area contributed by atoms with Gasteiger partial charge in [0, 0.05) is 11.8 Å². The number of aliphatic imine (C=N–C) groups is 1. The molecule has 1 aliphatic rings. The number of nitrogens with zero attached hydrogens (tertiary/aromatic N) is 4. The van der Waals surface area contributed by atoms with Crippen LogP contribution in [0.5, 0.6) is 0 Å². The van der Waals surface area contributed by atoms with Gasteiger partial charge in [0.25, 0.3) is 0 Å². The fraction of sp³-hybridized carbons (Fsp3) is 0.250. The Labute approximate surface area is 75.4 Å². The third-order valence-electron chi connectivity index (χ3n) is 1.72. The number of aliphatic hydroxyl groups is 1. The van der Waals surface area contributed by atoms with Crippen molar-refractivity contribution in [3.05, 3.63) is 24.2 Å². The highest BCUT2D eigenvalue weighted by Gasteiger charge is 2.06. The van der Waals surface area contributed by atoms with Gasteiger partial charge in [-0.15, -0.1) is 0 Å². The van der Waals surface area contributed by atoms with Crippen molar-refractivity contribution >= 4 is 12.0 Å². The molecule has 0 bridgehead atoms. The topological polar surface area (TPSA) is 64.5 Å². The van der Waals surface area contributed by atoms with Crippen LogP contribution in [0.15, 0.2) is 23.6 Å². The van der Waals surface area contributed by atoms with Crippen LogP contribution in [-0.2, 0) is 6.54 Å². The Bertz CT molecular complexity index is 353. The highest BCUT2D eigenvalue weighted by atomic mass is 16.3. The molecule has 1 N–H and O–H groups in total. The summed E-state index contributed by atoms with van der Waals surface area (Å²) in [5.41, 5.74) is 1.73. The van der Waals surface area contributed by atoms with Gasteiger partial charge in [0.2, 0.25) is 0 Å². The summed E-state index contributed by atoms with van der Waals surface area (Å²) in [6.45, 7) is 0.599. The van der Waals surface area contributed by atoms with E-state index >= 15 is 0 Å². The minimum absolute atomic E-state index is 0.0911. The first-order chi connectivity index (χ1) is 6.40. The Kier molecular flexibility index (Phi) is 2.09. The molecule has 1 radical (unpaired) electrons. The zero-order valence-corrected chi connectivity index (χ0v) is 6.96. The summed E-state index contributed by atoms with van der Waals surface area (Å²) in [6.07, 6.45) is 6.72. The van der Waals surface area contributed by atoms with Crippen LogP contribution in [0.3, 0.4) is 0 Å². The van der Waals surface area contributed by atoms with Crippen LogP contribution in [0.25, 0.3) is 5.70 Å². The van der Waals surface area contributed by atoms with Crippen LogP contribution >= 0.6 is 0 Å². The van der Waals surface area contributed by atoms with Crippen molar-refractivity contribution < 1.29 is 5.11 Å². The lowest BCUT2D eigenvalue weighted by molar-refractivity contribution is 0.269. The van der Waals surface area contributed by atoms with Crippen molar-refractivity contribution in [2.24, 2.45) is 4.99 Å². The fourth-order valence-electron chi connectivity index (χ4n) is 1.10. The van der Waals surface area contributed by atoms with Gasteiger partial charge in [-0.05, 0) is 0 Å². The summed E-state index contributed by atoms with van der Waals surface area (Å²) < 4.78 is 1.67. The van der Waals surface area contributed by atoms with Gasteiger partial charge in [0.05, 0.1) is 31.2 Å². The molecule has 1 aliphatic heterocycles. The molecule has 0 fully saturated rings. The lowest BCUT2D eigenvalue weighted by Crippen LogP contribution is -2.01. The summed E-state index contributed by atoms with van der Waals surface area (Å²) in [4.78, 5) is 4.03. The summed E-state index contributed by atoms with van der Waals surface area (Å²) in [6, 6.07) is 0. The van der Waals surface area contributed by atoms with E-state index in [0.29, 0.717) is 6.54 Å². The van der Waals surface area contributed by atoms with Gasteiger partial charge in [-0.1, -0.05) is 0 Å². The fourth-order valence-corrected chi connectivity index (χ4v) is 1.10. The van der Waals surface area contributed by atoms with Crippen LogP contribution in [0, 0.1) is 0 Å². The van der Waals surface area contributed by atoms with Crippen LogP contribution in [-0.4, -0.2) is 27.8 Å². The highest BCUT2D eigenvalue weighted by molar-refractivity contribution is 5.78. The minimum Gasteiger partial charge on any atom is -0.394 e. The monoisotopic (exact) mass is 177 g/mol. The second kappa shape index (κ2) is 3.40. The second-order valence-corrected chi connectivity index (χ2v) is 2.62. The van der Waals surface area contributed by atoms with Crippen LogP contribution in [0.4, 0.5) is 0 Å². The van der Waals surface area contributed by atoms with Gasteiger partial charge in [0.15, 0.2) is 0 Å². The molecule has 5 nitrogen and oxygen atoms in total. The first-order valence-electron chi connectivity index (χ1n) is 3.96. The lowest BCUT2D eigenvalue weighted by Gasteiger charge is -1.94. The van der Waals surface area contributed by atoms with Crippen molar-refractivity contribution in [1.82, 2.24) is 15.1 Å². The smallest absolute Gasteiger partial charge is 0.116 e. The Morgan fingerprint density at radius 2 is 2.38 bits per heavy atom. The molecule has 0 saturated heterocycles. The van der Waals surface area contributed by atoms with E-state index in [-0.39, 0.29) is 6.61 Å². The Morgan fingerprint density at radius 3 is 3.08 bits per heavy atom. The Balaban J connectivity index is 2.17. The van der Waals surface area contributed by atoms with E-state index in [4.69, 9.17) is 5.11 Å². The van der Waals surface area contributed by atoms with Crippen molar-refractivity contribution in [3.8, 4) is 0 Å². The molecule has 0 aromatic carbocycles. The maximum Gasteiger partial charge on any atom is 0.116 e. The molecule has 0 saturated carbocycles. The van der Waals surface area contributed by atoms with Crippen molar-refractivity contribution in [2.75, 3.05) is 6.61 Å². The third-order valence-corrected chi connectivity index (χ3v) is 1.72. The van der Waals surface area contributed by atoms with E-state index in [1.165, 1.54) is 6.34 Å². The molecule has 2 heterocycles. The van der Waals surface area contributed by atoms with E-state index in [1.54, 1.807) is 17.1 Å². The van der Waals surface area contributed by atoms with Crippen molar-refractivity contribution in [2.45, 2.75) is 6.54 Å². The van der Waals surface area contributed by atoms with E-state index in [2.05, 4.69) is 15.4 Å². The average molecular weight is 177 g/mol. The largest absolute Gasteiger partial charge is 0.394 e. The normalized spacial score (nSPS) is 14.4. The Hall–Kier alpha value is -1.62. The number of hydrogen-bond donors (Lipinski definition) is 1. The molecule has 0 spiro atoms. The summed E-state index contributed by atoms with van der Waals surface area (Å²) in [5.74, 6) is 0. The number of hydrogen-bond acceptors (Lipinski definition) is 3. The quantitative estimate of drug-likeness (QED) is 0.696.